The summed E-state index contributed by atoms with van der Waals surface area (Å²) in [6.45, 7) is 2.66. The van der Waals surface area contributed by atoms with Gasteiger partial charge in [-0.15, -0.1) is 0 Å². The number of morpholine rings is 1. The second-order valence-electron chi connectivity index (χ2n) is 4.79. The third-order valence-corrected chi connectivity index (χ3v) is 3.42. The molecule has 1 fully saturated rings. The predicted octanol–water partition coefficient (Wildman–Crippen LogP) is 1.74. The lowest BCUT2D eigenvalue weighted by molar-refractivity contribution is -0.0136. The number of Topliss-reactive ketones (excluding diaryl/α,β-unsaturated/α-hetero) is 1. The second-order valence-corrected chi connectivity index (χ2v) is 4.79. The zero-order chi connectivity index (χ0) is 13.8. The van der Waals surface area contributed by atoms with E-state index in [0.29, 0.717) is 31.9 Å². The average molecular weight is 276 g/mol. The molecule has 2 aromatic heterocycles. The Bertz CT molecular complexity index is 536. The average Bonchev–Trinajstić information content (AvgIpc) is 3.13. The van der Waals surface area contributed by atoms with Gasteiger partial charge in [-0.2, -0.15) is 0 Å². The molecule has 1 saturated heterocycles. The molecule has 0 bridgehead atoms. The molecule has 1 atom stereocenters. The number of ketones is 1. The molecule has 6 nitrogen and oxygen atoms in total. The van der Waals surface area contributed by atoms with Gasteiger partial charge in [-0.1, -0.05) is 5.16 Å². The van der Waals surface area contributed by atoms with Gasteiger partial charge in [-0.3, -0.25) is 9.69 Å². The fourth-order valence-electron chi connectivity index (χ4n) is 2.36. The van der Waals surface area contributed by atoms with Crippen molar-refractivity contribution in [2.75, 3.05) is 19.8 Å². The number of nitrogens with zero attached hydrogens (tertiary/aromatic N) is 2. The van der Waals surface area contributed by atoms with Gasteiger partial charge in [0, 0.05) is 31.6 Å². The molecule has 0 N–H and O–H groups in total. The zero-order valence-electron chi connectivity index (χ0n) is 11.0. The predicted molar refractivity (Wildman–Crippen MR) is 69.2 cm³/mol. The van der Waals surface area contributed by atoms with Crippen molar-refractivity contribution in [3.63, 3.8) is 0 Å². The summed E-state index contributed by atoms with van der Waals surface area (Å²) in [5.74, 6) is 0.396. The van der Waals surface area contributed by atoms with Crippen LogP contribution in [0, 0.1) is 0 Å². The standard InChI is InChI=1S/C14H16N2O4/c17-13(14-2-1-5-19-14)8-12-10-18-7-4-16(12)9-11-3-6-20-15-11/h1-3,5-6,12H,4,7-10H2. The number of ether oxygens (including phenoxy) is 1. The third kappa shape index (κ3) is 2.97. The highest BCUT2D eigenvalue weighted by molar-refractivity contribution is 5.93. The van der Waals surface area contributed by atoms with Gasteiger partial charge in [0.05, 0.1) is 25.2 Å². The van der Waals surface area contributed by atoms with E-state index < -0.39 is 0 Å². The van der Waals surface area contributed by atoms with E-state index >= 15 is 0 Å². The summed E-state index contributed by atoms with van der Waals surface area (Å²) in [7, 11) is 0. The van der Waals surface area contributed by atoms with Crippen molar-refractivity contribution in [1.82, 2.24) is 10.1 Å². The molecule has 1 aliphatic heterocycles. The molecule has 1 unspecified atom stereocenters. The van der Waals surface area contributed by atoms with Crippen LogP contribution in [0.25, 0.3) is 0 Å². The normalized spacial score (nSPS) is 20.1. The van der Waals surface area contributed by atoms with Crippen LogP contribution >= 0.6 is 0 Å². The Labute approximate surface area is 116 Å². The number of hydrogen-bond donors (Lipinski definition) is 0. The molecule has 1 aliphatic rings. The summed E-state index contributed by atoms with van der Waals surface area (Å²) >= 11 is 0. The van der Waals surface area contributed by atoms with Gasteiger partial charge in [-0.25, -0.2) is 0 Å². The number of carbonyl (C=O) groups excluding carboxylic acids is 1. The van der Waals surface area contributed by atoms with Gasteiger partial charge in [-0.05, 0) is 12.1 Å². The first-order valence-electron chi connectivity index (χ1n) is 6.60. The van der Waals surface area contributed by atoms with Crippen molar-refractivity contribution in [3.05, 3.63) is 42.2 Å². The summed E-state index contributed by atoms with van der Waals surface area (Å²) in [6, 6.07) is 5.28. The largest absolute Gasteiger partial charge is 0.461 e. The summed E-state index contributed by atoms with van der Waals surface area (Å²) in [5.41, 5.74) is 0.863. The van der Waals surface area contributed by atoms with E-state index in [0.717, 1.165) is 12.2 Å². The number of rotatable bonds is 5. The summed E-state index contributed by atoms with van der Waals surface area (Å²) < 4.78 is 15.5. The Morgan fingerprint density at radius 3 is 3.10 bits per heavy atom. The monoisotopic (exact) mass is 276 g/mol. The van der Waals surface area contributed by atoms with Crippen LogP contribution in [-0.2, 0) is 11.3 Å². The Hall–Kier alpha value is -1.92. The lowest BCUT2D eigenvalue weighted by Gasteiger charge is -2.34. The maximum atomic E-state index is 12.1. The molecule has 0 spiro atoms. The quantitative estimate of drug-likeness (QED) is 0.775. The van der Waals surface area contributed by atoms with Crippen molar-refractivity contribution in [3.8, 4) is 0 Å². The van der Waals surface area contributed by atoms with E-state index in [9.17, 15) is 4.79 Å². The molecule has 6 heteroatoms. The van der Waals surface area contributed by atoms with E-state index in [-0.39, 0.29) is 11.8 Å². The molecule has 3 heterocycles. The van der Waals surface area contributed by atoms with Crippen LogP contribution in [0.3, 0.4) is 0 Å². The fourth-order valence-corrected chi connectivity index (χ4v) is 2.36. The van der Waals surface area contributed by atoms with Crippen molar-refractivity contribution in [2.45, 2.75) is 19.0 Å². The molecular formula is C14H16N2O4. The van der Waals surface area contributed by atoms with Crippen LogP contribution in [0.4, 0.5) is 0 Å². The molecule has 0 amide bonds. The van der Waals surface area contributed by atoms with E-state index in [4.69, 9.17) is 13.7 Å². The molecule has 0 saturated carbocycles. The summed E-state index contributed by atoms with van der Waals surface area (Å²) in [6.07, 6.45) is 3.45. The number of furan rings is 1. The van der Waals surface area contributed by atoms with Gasteiger partial charge >= 0.3 is 0 Å². The fraction of sp³-hybridized carbons (Fsp3) is 0.429. The van der Waals surface area contributed by atoms with Crippen molar-refractivity contribution >= 4 is 5.78 Å². The Balaban J connectivity index is 1.64. The maximum Gasteiger partial charge on any atom is 0.199 e. The highest BCUT2D eigenvalue weighted by Crippen LogP contribution is 2.17. The van der Waals surface area contributed by atoms with Gasteiger partial charge in [0.15, 0.2) is 11.5 Å². The first kappa shape index (κ1) is 13.1. The zero-order valence-corrected chi connectivity index (χ0v) is 11.0. The van der Waals surface area contributed by atoms with E-state index in [1.165, 1.54) is 6.26 Å². The Morgan fingerprint density at radius 2 is 2.35 bits per heavy atom. The van der Waals surface area contributed by atoms with Crippen molar-refractivity contribution in [1.29, 1.82) is 0 Å². The number of carbonyl (C=O) groups is 1. The van der Waals surface area contributed by atoms with Crippen LogP contribution in [-0.4, -0.2) is 41.6 Å². The van der Waals surface area contributed by atoms with E-state index in [1.54, 1.807) is 18.4 Å². The van der Waals surface area contributed by atoms with Gasteiger partial charge in [0.1, 0.15) is 6.26 Å². The minimum Gasteiger partial charge on any atom is -0.461 e. The first-order chi connectivity index (χ1) is 9.83. The second kappa shape index (κ2) is 6.02. The molecule has 20 heavy (non-hydrogen) atoms. The molecule has 3 rings (SSSR count). The van der Waals surface area contributed by atoms with Crippen molar-refractivity contribution in [2.24, 2.45) is 0 Å². The van der Waals surface area contributed by atoms with Gasteiger partial charge < -0.3 is 13.7 Å². The molecule has 0 radical (unpaired) electrons. The maximum absolute atomic E-state index is 12.1. The molecule has 0 aliphatic carbocycles. The first-order valence-corrected chi connectivity index (χ1v) is 6.60. The van der Waals surface area contributed by atoms with Gasteiger partial charge in [0.25, 0.3) is 0 Å². The molecule has 0 aromatic carbocycles. The molecular weight excluding hydrogens is 260 g/mol. The highest BCUT2D eigenvalue weighted by atomic mass is 16.5. The lowest BCUT2D eigenvalue weighted by Crippen LogP contribution is -2.45. The van der Waals surface area contributed by atoms with Crippen molar-refractivity contribution < 1.29 is 18.5 Å². The smallest absolute Gasteiger partial charge is 0.199 e. The van der Waals surface area contributed by atoms with Gasteiger partial charge in [0.2, 0.25) is 0 Å². The Kier molecular flexibility index (Phi) is 3.94. The highest BCUT2D eigenvalue weighted by Gasteiger charge is 2.27. The van der Waals surface area contributed by atoms with E-state index in [1.807, 2.05) is 6.07 Å². The SMILES string of the molecule is O=C(CC1COCCN1Cc1ccon1)c1ccco1. The van der Waals surface area contributed by atoms with E-state index in [2.05, 4.69) is 10.1 Å². The number of hydrogen-bond acceptors (Lipinski definition) is 6. The van der Waals surface area contributed by atoms with Crippen LogP contribution in [0.1, 0.15) is 22.7 Å². The van der Waals surface area contributed by atoms with Crippen LogP contribution in [0.2, 0.25) is 0 Å². The molecule has 2 aromatic rings. The summed E-state index contributed by atoms with van der Waals surface area (Å²) in [5, 5.41) is 3.91. The lowest BCUT2D eigenvalue weighted by atomic mass is 10.1. The van der Waals surface area contributed by atoms with Crippen LogP contribution < -0.4 is 0 Å². The van der Waals surface area contributed by atoms with Crippen LogP contribution in [0.5, 0.6) is 0 Å². The topological polar surface area (TPSA) is 68.7 Å². The minimum absolute atomic E-state index is 0.00403. The number of aromatic nitrogens is 1. The summed E-state index contributed by atoms with van der Waals surface area (Å²) in [4.78, 5) is 14.3. The van der Waals surface area contributed by atoms with Crippen LogP contribution in [0.15, 0.2) is 39.7 Å². The Morgan fingerprint density at radius 1 is 1.40 bits per heavy atom. The minimum atomic E-state index is -0.00403. The third-order valence-electron chi connectivity index (χ3n) is 3.42. The molecule has 106 valence electrons.